The lowest BCUT2D eigenvalue weighted by Gasteiger charge is -2.35. The minimum atomic E-state index is -0.234. The summed E-state index contributed by atoms with van der Waals surface area (Å²) in [5.74, 6) is 0.338. The highest BCUT2D eigenvalue weighted by molar-refractivity contribution is 5.88. The average molecular weight is 414 g/mol. The molecule has 5 nitrogen and oxygen atoms in total. The minimum Gasteiger partial charge on any atom is -0.469 e. The molecule has 30 heavy (non-hydrogen) atoms. The molecule has 2 unspecified atom stereocenters. The predicted molar refractivity (Wildman–Crippen MR) is 117 cm³/mol. The molecule has 1 aliphatic heterocycles. The second kappa shape index (κ2) is 10.8. The number of carbonyl (C=O) groups is 2. The zero-order valence-electron chi connectivity index (χ0n) is 18.4. The molecule has 2 aliphatic carbocycles. The fourth-order valence-corrected chi connectivity index (χ4v) is 5.21. The van der Waals surface area contributed by atoms with Crippen LogP contribution < -0.4 is 0 Å². The van der Waals surface area contributed by atoms with Gasteiger partial charge in [-0.3, -0.25) is 9.69 Å². The van der Waals surface area contributed by atoms with E-state index in [4.69, 9.17) is 4.74 Å². The Morgan fingerprint density at radius 1 is 1.07 bits per heavy atom. The van der Waals surface area contributed by atoms with Crippen LogP contribution in [-0.4, -0.2) is 44.1 Å². The van der Waals surface area contributed by atoms with E-state index in [0.29, 0.717) is 5.92 Å². The Labute approximate surface area is 180 Å². The smallest absolute Gasteiger partial charge is 0.333 e. The maximum Gasteiger partial charge on any atom is 0.333 e. The van der Waals surface area contributed by atoms with Gasteiger partial charge >= 0.3 is 11.9 Å². The monoisotopic (exact) mass is 413 g/mol. The number of ether oxygens (including phenoxy) is 2. The van der Waals surface area contributed by atoms with Crippen molar-refractivity contribution in [1.82, 2.24) is 4.90 Å². The van der Waals surface area contributed by atoms with Crippen molar-refractivity contribution in [2.45, 2.75) is 57.9 Å². The molecule has 0 spiro atoms. The van der Waals surface area contributed by atoms with Crippen molar-refractivity contribution in [2.24, 2.45) is 11.3 Å². The zero-order valence-corrected chi connectivity index (χ0v) is 18.4. The zero-order chi connectivity index (χ0) is 21.4. The minimum absolute atomic E-state index is 0.0118. The van der Waals surface area contributed by atoms with Crippen LogP contribution in [-0.2, 0) is 25.6 Å². The molecule has 0 amide bonds. The third kappa shape index (κ3) is 5.31. The van der Waals surface area contributed by atoms with Crippen molar-refractivity contribution in [2.75, 3.05) is 27.3 Å². The second-order valence-electron chi connectivity index (χ2n) is 8.71. The summed E-state index contributed by atoms with van der Waals surface area (Å²) in [6.07, 6.45) is 10.8. The number of methoxy groups -OCH3 is 2. The number of nitrogens with zero attached hydrogens (tertiary/aromatic N) is 1. The third-order valence-electron chi connectivity index (χ3n) is 6.77. The first-order valence-corrected chi connectivity index (χ1v) is 11.2. The van der Waals surface area contributed by atoms with E-state index in [1.54, 1.807) is 0 Å². The van der Waals surface area contributed by atoms with Crippen molar-refractivity contribution < 1.29 is 19.1 Å². The molecule has 1 saturated carbocycles. The van der Waals surface area contributed by atoms with Crippen LogP contribution in [0.15, 0.2) is 42.0 Å². The van der Waals surface area contributed by atoms with Crippen LogP contribution in [0.4, 0.5) is 0 Å². The molecule has 0 aromatic heterocycles. The van der Waals surface area contributed by atoms with Gasteiger partial charge in [-0.2, -0.15) is 0 Å². The van der Waals surface area contributed by atoms with E-state index in [-0.39, 0.29) is 17.4 Å². The number of hydrogen-bond acceptors (Lipinski definition) is 5. The molecule has 3 aliphatic rings. The molecule has 2 fully saturated rings. The Balaban J connectivity index is 0.000000216. The van der Waals surface area contributed by atoms with Gasteiger partial charge in [-0.25, -0.2) is 4.79 Å². The Morgan fingerprint density at radius 2 is 1.87 bits per heavy atom. The lowest BCUT2D eigenvalue weighted by molar-refractivity contribution is -0.156. The molecule has 164 valence electrons. The summed E-state index contributed by atoms with van der Waals surface area (Å²) in [5.41, 5.74) is 1.95. The number of hydrogen-bond donors (Lipinski definition) is 0. The number of esters is 2. The normalized spacial score (nSPS) is 25.9. The molecule has 1 aromatic rings. The van der Waals surface area contributed by atoms with Crippen LogP contribution in [0.1, 0.15) is 56.9 Å². The van der Waals surface area contributed by atoms with Crippen LogP contribution in [0, 0.1) is 11.3 Å². The first-order valence-electron chi connectivity index (χ1n) is 11.2. The van der Waals surface area contributed by atoms with E-state index >= 15 is 0 Å². The summed E-state index contributed by atoms with van der Waals surface area (Å²) in [6.45, 7) is 2.83. The maximum absolute atomic E-state index is 12.3. The van der Waals surface area contributed by atoms with E-state index in [1.165, 1.54) is 39.0 Å². The number of benzene rings is 1. The maximum atomic E-state index is 12.3. The van der Waals surface area contributed by atoms with Crippen LogP contribution in [0.25, 0.3) is 0 Å². The Hall–Kier alpha value is -2.14. The van der Waals surface area contributed by atoms with E-state index in [0.717, 1.165) is 57.3 Å². The average Bonchev–Trinajstić information content (AvgIpc) is 3.18. The molecular formula is C25H35NO4. The van der Waals surface area contributed by atoms with Crippen LogP contribution in [0.2, 0.25) is 0 Å². The van der Waals surface area contributed by atoms with Gasteiger partial charge in [-0.1, -0.05) is 49.2 Å². The molecule has 1 aromatic carbocycles. The standard InChI is InChI=1S/C17H23NO2.C8H12O2/c1-20-16(19)17-10-6-5-9-15(17)12-18(13-17)11-14-7-3-2-4-8-14;1-10-8(9)7-5-3-2-4-6-7/h2-4,7-8,15H,5-6,9-13H2,1H3;5H,2-4,6H2,1H3. The Morgan fingerprint density at radius 3 is 2.53 bits per heavy atom. The predicted octanol–water partition coefficient (Wildman–Crippen LogP) is 4.51. The Kier molecular flexibility index (Phi) is 8.08. The number of fused-ring (bicyclic) bond motifs is 1. The molecule has 1 saturated heterocycles. The van der Waals surface area contributed by atoms with E-state index in [9.17, 15) is 9.59 Å². The topological polar surface area (TPSA) is 55.8 Å². The summed E-state index contributed by atoms with van der Waals surface area (Å²) >= 11 is 0. The van der Waals surface area contributed by atoms with Crippen molar-refractivity contribution >= 4 is 11.9 Å². The molecule has 0 N–H and O–H groups in total. The van der Waals surface area contributed by atoms with Gasteiger partial charge in [-0.15, -0.1) is 0 Å². The van der Waals surface area contributed by atoms with Gasteiger partial charge in [0.15, 0.2) is 0 Å². The molecular weight excluding hydrogens is 378 g/mol. The van der Waals surface area contributed by atoms with Crippen LogP contribution >= 0.6 is 0 Å². The van der Waals surface area contributed by atoms with Crippen molar-refractivity contribution in [3.63, 3.8) is 0 Å². The van der Waals surface area contributed by atoms with Gasteiger partial charge in [0.1, 0.15) is 0 Å². The molecule has 0 radical (unpaired) electrons. The highest BCUT2D eigenvalue weighted by Gasteiger charge is 2.53. The third-order valence-corrected chi connectivity index (χ3v) is 6.77. The number of likely N-dealkylation sites (tertiary alicyclic amines) is 1. The lowest BCUT2D eigenvalue weighted by Crippen LogP contribution is -2.42. The Bertz CT molecular complexity index is 745. The van der Waals surface area contributed by atoms with Crippen molar-refractivity contribution in [3.05, 3.63) is 47.5 Å². The van der Waals surface area contributed by atoms with Crippen LogP contribution in [0.3, 0.4) is 0 Å². The van der Waals surface area contributed by atoms with E-state index < -0.39 is 0 Å². The highest BCUT2D eigenvalue weighted by atomic mass is 16.5. The van der Waals surface area contributed by atoms with Crippen molar-refractivity contribution in [1.29, 1.82) is 0 Å². The SMILES string of the molecule is COC(=O)C12CCCCC1CN(Cc1ccccc1)C2.COC(=O)C1=CCCCC1. The van der Waals surface area contributed by atoms with Gasteiger partial charge in [0.2, 0.25) is 0 Å². The molecule has 4 rings (SSSR count). The molecule has 0 bridgehead atoms. The number of rotatable bonds is 4. The summed E-state index contributed by atoms with van der Waals surface area (Å²) in [4.78, 5) is 25.6. The van der Waals surface area contributed by atoms with Gasteiger partial charge < -0.3 is 9.47 Å². The summed E-state index contributed by atoms with van der Waals surface area (Å²) < 4.78 is 9.71. The fraction of sp³-hybridized carbons (Fsp3) is 0.600. The number of carbonyl (C=O) groups excluding carboxylic acids is 2. The van der Waals surface area contributed by atoms with Crippen molar-refractivity contribution in [3.8, 4) is 0 Å². The van der Waals surface area contributed by atoms with Gasteiger partial charge in [0, 0.05) is 25.2 Å². The summed E-state index contributed by atoms with van der Waals surface area (Å²) in [5, 5.41) is 0. The van der Waals surface area contributed by atoms with Gasteiger partial charge in [0.05, 0.1) is 19.6 Å². The molecule has 5 heteroatoms. The molecule has 2 atom stereocenters. The highest BCUT2D eigenvalue weighted by Crippen LogP contribution is 2.47. The second-order valence-corrected chi connectivity index (χ2v) is 8.71. The van der Waals surface area contributed by atoms with Gasteiger partial charge in [-0.05, 0) is 50.0 Å². The first-order chi connectivity index (χ1) is 14.6. The lowest BCUT2D eigenvalue weighted by atomic mass is 9.68. The fourth-order valence-electron chi connectivity index (χ4n) is 5.21. The number of allylic oxidation sites excluding steroid dienone is 1. The van der Waals surface area contributed by atoms with E-state index in [2.05, 4.69) is 33.9 Å². The largest absolute Gasteiger partial charge is 0.469 e. The summed E-state index contributed by atoms with van der Waals surface area (Å²) in [6, 6.07) is 10.5. The first kappa shape index (κ1) is 22.5. The van der Waals surface area contributed by atoms with E-state index in [1.807, 2.05) is 12.1 Å². The van der Waals surface area contributed by atoms with Crippen LogP contribution in [0.5, 0.6) is 0 Å². The van der Waals surface area contributed by atoms with Gasteiger partial charge in [0.25, 0.3) is 0 Å². The molecule has 1 heterocycles. The quantitative estimate of drug-likeness (QED) is 0.680. The summed E-state index contributed by atoms with van der Waals surface area (Å²) in [7, 11) is 2.96.